The molecule has 0 saturated heterocycles. The number of unbranched alkanes of at least 4 members (excludes halogenated alkanes) is 2. The molecular formula is C22H22N6O2. The zero-order valence-electron chi connectivity index (χ0n) is 17.2. The molecule has 8 heteroatoms. The van der Waals surface area contributed by atoms with Crippen molar-refractivity contribution in [1.82, 2.24) is 20.1 Å². The van der Waals surface area contributed by atoms with E-state index in [4.69, 9.17) is 4.74 Å². The highest BCUT2D eigenvalue weighted by atomic mass is 16.5. The number of pyridine rings is 1. The maximum absolute atomic E-state index is 12.8. The fourth-order valence-electron chi connectivity index (χ4n) is 3.36. The van der Waals surface area contributed by atoms with E-state index in [1.54, 1.807) is 43.2 Å². The summed E-state index contributed by atoms with van der Waals surface area (Å²) in [6.45, 7) is 2.64. The van der Waals surface area contributed by atoms with Gasteiger partial charge in [-0.1, -0.05) is 25.8 Å². The van der Waals surface area contributed by atoms with Crippen molar-refractivity contribution in [2.45, 2.75) is 26.2 Å². The first-order chi connectivity index (χ1) is 14.5. The molecular weight excluding hydrogens is 380 g/mol. The van der Waals surface area contributed by atoms with E-state index in [-0.39, 0.29) is 22.7 Å². The van der Waals surface area contributed by atoms with Gasteiger partial charge in [-0.2, -0.15) is 15.6 Å². The molecule has 30 heavy (non-hydrogen) atoms. The highest BCUT2D eigenvalue weighted by Gasteiger charge is 2.21. The normalized spacial score (nSPS) is 10.4. The maximum atomic E-state index is 12.8. The zero-order chi connectivity index (χ0) is 21.7. The number of hydrogen-bond donors (Lipinski definition) is 1. The minimum atomic E-state index is -0.330. The molecule has 8 nitrogen and oxygen atoms in total. The van der Waals surface area contributed by atoms with Crippen molar-refractivity contribution in [3.63, 3.8) is 0 Å². The van der Waals surface area contributed by atoms with Crippen molar-refractivity contribution in [2.75, 3.05) is 13.7 Å². The number of aryl methyl sites for hydroxylation is 1. The number of hydrogen-bond acceptors (Lipinski definition) is 6. The number of fused-ring (bicyclic) bond motifs is 1. The van der Waals surface area contributed by atoms with Gasteiger partial charge in [-0.3, -0.25) is 4.79 Å². The molecule has 2 aromatic heterocycles. The second kappa shape index (κ2) is 9.06. The molecule has 0 fully saturated rings. The summed E-state index contributed by atoms with van der Waals surface area (Å²) in [6, 6.07) is 9.06. The summed E-state index contributed by atoms with van der Waals surface area (Å²) in [5, 5.41) is 26.8. The van der Waals surface area contributed by atoms with E-state index in [1.807, 2.05) is 6.07 Å². The fraction of sp³-hybridized carbons (Fsp3) is 0.318. The van der Waals surface area contributed by atoms with Gasteiger partial charge in [0.15, 0.2) is 0 Å². The maximum Gasteiger partial charge on any atom is 0.269 e. The Hall–Kier alpha value is -3.91. The summed E-state index contributed by atoms with van der Waals surface area (Å²) >= 11 is 0. The van der Waals surface area contributed by atoms with Gasteiger partial charge in [-0.05, 0) is 18.6 Å². The Kier molecular flexibility index (Phi) is 6.29. The molecule has 0 bridgehead atoms. The van der Waals surface area contributed by atoms with Crippen LogP contribution in [0.1, 0.15) is 47.8 Å². The van der Waals surface area contributed by atoms with Gasteiger partial charge in [0, 0.05) is 24.5 Å². The molecule has 0 saturated carbocycles. The Morgan fingerprint density at radius 1 is 1.23 bits per heavy atom. The first kappa shape index (κ1) is 20.8. The van der Waals surface area contributed by atoms with Gasteiger partial charge in [0.2, 0.25) is 5.88 Å². The Morgan fingerprint density at radius 3 is 2.70 bits per heavy atom. The summed E-state index contributed by atoms with van der Waals surface area (Å²) in [7, 11) is 3.29. The molecule has 1 N–H and O–H groups in total. The number of benzene rings is 1. The van der Waals surface area contributed by atoms with E-state index in [9.17, 15) is 15.3 Å². The number of methoxy groups -OCH3 is 1. The molecule has 0 radical (unpaired) electrons. The molecule has 0 atom stereocenters. The third-order valence-corrected chi connectivity index (χ3v) is 4.88. The summed E-state index contributed by atoms with van der Waals surface area (Å²) < 4.78 is 7.06. The van der Waals surface area contributed by atoms with Crippen molar-refractivity contribution in [1.29, 1.82) is 10.5 Å². The minimum absolute atomic E-state index is 0.139. The van der Waals surface area contributed by atoms with E-state index in [0.29, 0.717) is 34.5 Å². The lowest BCUT2D eigenvalue weighted by Gasteiger charge is -2.12. The number of aromatic nitrogens is 3. The van der Waals surface area contributed by atoms with Crippen molar-refractivity contribution in [3.05, 3.63) is 41.2 Å². The third kappa shape index (κ3) is 3.81. The Labute approximate surface area is 174 Å². The summed E-state index contributed by atoms with van der Waals surface area (Å²) in [6.07, 6.45) is 4.59. The number of carbonyl (C=O) groups excluding carboxylic acids is 1. The van der Waals surface area contributed by atoms with Crippen LogP contribution in [0, 0.1) is 22.7 Å². The SMILES string of the molecule is CCCCCNC(=O)c1cc(-c2cnn(C)c2OC)c2ccc(C#N)c(C#N)c2n1. The zero-order valence-corrected chi connectivity index (χ0v) is 17.2. The number of nitriles is 2. The summed E-state index contributed by atoms with van der Waals surface area (Å²) in [5.41, 5.74) is 2.15. The monoisotopic (exact) mass is 402 g/mol. The molecule has 3 rings (SSSR count). The molecule has 3 aromatic rings. The Morgan fingerprint density at radius 2 is 2.03 bits per heavy atom. The molecule has 0 spiro atoms. The lowest BCUT2D eigenvalue weighted by atomic mass is 9.97. The van der Waals surface area contributed by atoms with E-state index in [0.717, 1.165) is 19.3 Å². The number of rotatable bonds is 7. The third-order valence-electron chi connectivity index (χ3n) is 4.88. The summed E-state index contributed by atoms with van der Waals surface area (Å²) in [5.74, 6) is 0.183. The van der Waals surface area contributed by atoms with Gasteiger partial charge in [-0.25, -0.2) is 9.67 Å². The van der Waals surface area contributed by atoms with E-state index < -0.39 is 0 Å². The minimum Gasteiger partial charge on any atom is -0.481 e. The number of nitrogens with zero attached hydrogens (tertiary/aromatic N) is 5. The fourth-order valence-corrected chi connectivity index (χ4v) is 3.36. The first-order valence-electron chi connectivity index (χ1n) is 9.68. The van der Waals surface area contributed by atoms with Crippen LogP contribution in [0.4, 0.5) is 0 Å². The summed E-state index contributed by atoms with van der Waals surface area (Å²) in [4.78, 5) is 17.2. The highest BCUT2D eigenvalue weighted by Crippen LogP contribution is 2.36. The molecule has 0 aliphatic carbocycles. The number of nitrogens with one attached hydrogen (secondary N) is 1. The average Bonchev–Trinajstić information content (AvgIpc) is 3.14. The smallest absolute Gasteiger partial charge is 0.269 e. The number of carbonyl (C=O) groups is 1. The molecule has 0 unspecified atom stereocenters. The predicted octanol–water partition coefficient (Wildman–Crippen LogP) is 3.31. The number of amides is 1. The van der Waals surface area contributed by atoms with Crippen molar-refractivity contribution < 1.29 is 9.53 Å². The second-order valence-corrected chi connectivity index (χ2v) is 6.82. The Balaban J connectivity index is 2.22. The van der Waals surface area contributed by atoms with Gasteiger partial charge in [0.05, 0.1) is 35.5 Å². The average molecular weight is 402 g/mol. The molecule has 1 aromatic carbocycles. The molecule has 0 aliphatic heterocycles. The molecule has 1 amide bonds. The van der Waals surface area contributed by atoms with E-state index in [1.165, 1.54) is 0 Å². The largest absolute Gasteiger partial charge is 0.481 e. The molecule has 2 heterocycles. The predicted molar refractivity (Wildman–Crippen MR) is 112 cm³/mol. The van der Waals surface area contributed by atoms with Crippen LogP contribution in [0.3, 0.4) is 0 Å². The van der Waals surface area contributed by atoms with Crippen molar-refractivity contribution in [3.8, 4) is 29.1 Å². The first-order valence-corrected chi connectivity index (χ1v) is 9.68. The topological polar surface area (TPSA) is 117 Å². The van der Waals surface area contributed by atoms with Crippen LogP contribution >= 0.6 is 0 Å². The lowest BCUT2D eigenvalue weighted by molar-refractivity contribution is 0.0948. The van der Waals surface area contributed by atoms with Crippen LogP contribution in [-0.2, 0) is 7.05 Å². The lowest BCUT2D eigenvalue weighted by Crippen LogP contribution is -2.25. The van der Waals surface area contributed by atoms with E-state index in [2.05, 4.69) is 28.4 Å². The number of ether oxygens (including phenoxy) is 1. The van der Waals surface area contributed by atoms with Crippen molar-refractivity contribution in [2.24, 2.45) is 7.05 Å². The van der Waals surface area contributed by atoms with Crippen molar-refractivity contribution >= 4 is 16.8 Å². The van der Waals surface area contributed by atoms with Crippen LogP contribution in [0.5, 0.6) is 5.88 Å². The van der Waals surface area contributed by atoms with Gasteiger partial charge in [0.1, 0.15) is 17.8 Å². The highest BCUT2D eigenvalue weighted by molar-refractivity contribution is 6.03. The van der Waals surface area contributed by atoms with Crippen LogP contribution in [0.2, 0.25) is 0 Å². The van der Waals surface area contributed by atoms with Crippen LogP contribution < -0.4 is 10.1 Å². The second-order valence-electron chi connectivity index (χ2n) is 6.82. The van der Waals surface area contributed by atoms with Crippen LogP contribution in [0.25, 0.3) is 22.0 Å². The van der Waals surface area contributed by atoms with Gasteiger partial charge < -0.3 is 10.1 Å². The van der Waals surface area contributed by atoms with Gasteiger partial charge in [0.25, 0.3) is 5.91 Å². The van der Waals surface area contributed by atoms with Gasteiger partial charge >= 0.3 is 0 Å². The quantitative estimate of drug-likeness (QED) is 0.606. The molecule has 152 valence electrons. The van der Waals surface area contributed by atoms with Crippen LogP contribution in [0.15, 0.2) is 24.4 Å². The Bertz CT molecular complexity index is 1180. The van der Waals surface area contributed by atoms with E-state index >= 15 is 0 Å². The standard InChI is InChI=1S/C22H22N6O2/c1-4-5-6-9-25-21(29)19-10-16(18-13-26-28(2)22(18)30-3)15-8-7-14(11-23)17(12-24)20(15)27-19/h7-8,10,13H,4-6,9H2,1-3H3,(H,25,29). The van der Waals surface area contributed by atoms with Crippen LogP contribution in [-0.4, -0.2) is 34.3 Å². The molecule has 0 aliphatic rings. The van der Waals surface area contributed by atoms with Gasteiger partial charge in [-0.15, -0.1) is 0 Å².